The minimum Gasteiger partial charge on any atom is -0.469 e. The lowest BCUT2D eigenvalue weighted by Crippen LogP contribution is -2.50. The molecule has 1 aliphatic heterocycles. The molecule has 2 fully saturated rings. The number of ether oxygens (including phenoxy) is 1. The van der Waals surface area contributed by atoms with Crippen LogP contribution in [0.15, 0.2) is 27.8 Å². The van der Waals surface area contributed by atoms with Gasteiger partial charge in [0.2, 0.25) is 0 Å². The van der Waals surface area contributed by atoms with Gasteiger partial charge in [0, 0.05) is 38.3 Å². The van der Waals surface area contributed by atoms with Crippen LogP contribution >= 0.6 is 24.0 Å². The lowest BCUT2D eigenvalue weighted by Gasteiger charge is -2.31. The molecule has 142 valence electrons. The Morgan fingerprint density at radius 3 is 2.68 bits per heavy atom. The van der Waals surface area contributed by atoms with E-state index in [0.29, 0.717) is 12.1 Å². The normalized spacial score (nSPS) is 25.2. The highest BCUT2D eigenvalue weighted by atomic mass is 127. The van der Waals surface area contributed by atoms with Crippen LogP contribution in [0.1, 0.15) is 51.2 Å². The second kappa shape index (κ2) is 11.1. The van der Waals surface area contributed by atoms with Crippen molar-refractivity contribution in [3.05, 3.63) is 24.2 Å². The van der Waals surface area contributed by atoms with E-state index in [1.54, 1.807) is 6.26 Å². The molecule has 1 aromatic heterocycles. The van der Waals surface area contributed by atoms with Crippen LogP contribution in [0.25, 0.3) is 0 Å². The van der Waals surface area contributed by atoms with Gasteiger partial charge in [0.15, 0.2) is 5.96 Å². The van der Waals surface area contributed by atoms with Crippen LogP contribution in [0.4, 0.5) is 0 Å². The summed E-state index contributed by atoms with van der Waals surface area (Å²) in [6.45, 7) is 4.79. The first-order valence-electron chi connectivity index (χ1n) is 9.47. The summed E-state index contributed by atoms with van der Waals surface area (Å²) in [6, 6.07) is 4.96. The fourth-order valence-electron chi connectivity index (χ4n) is 3.66. The highest BCUT2D eigenvalue weighted by molar-refractivity contribution is 14.0. The molecule has 2 unspecified atom stereocenters. The number of guanidine groups is 1. The zero-order valence-electron chi connectivity index (χ0n) is 15.2. The van der Waals surface area contributed by atoms with E-state index in [1.165, 1.54) is 25.7 Å². The van der Waals surface area contributed by atoms with Crippen molar-refractivity contribution in [3.63, 3.8) is 0 Å². The highest BCUT2D eigenvalue weighted by Gasteiger charge is 2.21. The molecule has 0 radical (unpaired) electrons. The number of rotatable bonds is 5. The Labute approximate surface area is 168 Å². The molecule has 2 aliphatic rings. The molecular weight excluding hydrogens is 429 g/mol. The van der Waals surface area contributed by atoms with Crippen LogP contribution < -0.4 is 10.6 Å². The van der Waals surface area contributed by atoms with Crippen LogP contribution in [0.2, 0.25) is 0 Å². The molecular formula is C19H32IN3O2. The van der Waals surface area contributed by atoms with Crippen LogP contribution in [-0.4, -0.2) is 37.8 Å². The first-order chi connectivity index (χ1) is 11.8. The molecule has 1 saturated carbocycles. The van der Waals surface area contributed by atoms with E-state index in [1.807, 2.05) is 12.1 Å². The topological polar surface area (TPSA) is 58.8 Å². The van der Waals surface area contributed by atoms with Gasteiger partial charge in [-0.15, -0.1) is 24.0 Å². The van der Waals surface area contributed by atoms with Crippen molar-refractivity contribution in [2.75, 3.05) is 19.8 Å². The number of nitrogens with zero attached hydrogens (tertiary/aromatic N) is 1. The quantitative estimate of drug-likeness (QED) is 0.399. The largest absolute Gasteiger partial charge is 0.469 e. The van der Waals surface area contributed by atoms with E-state index in [4.69, 9.17) is 14.1 Å². The monoisotopic (exact) mass is 461 g/mol. The Kier molecular flexibility index (Phi) is 9.09. The summed E-state index contributed by atoms with van der Waals surface area (Å²) in [7, 11) is 0. The minimum absolute atomic E-state index is 0. The van der Waals surface area contributed by atoms with Gasteiger partial charge in [0.25, 0.3) is 0 Å². The molecule has 0 aromatic carbocycles. The number of halogens is 1. The predicted molar refractivity (Wildman–Crippen MR) is 112 cm³/mol. The lowest BCUT2D eigenvalue weighted by molar-refractivity contribution is 0.0821. The average molecular weight is 461 g/mol. The maximum atomic E-state index is 5.46. The third-order valence-electron chi connectivity index (χ3n) is 5.05. The predicted octanol–water partition coefficient (Wildman–Crippen LogP) is 3.73. The highest BCUT2D eigenvalue weighted by Crippen LogP contribution is 2.23. The molecule has 0 spiro atoms. The maximum Gasteiger partial charge on any atom is 0.191 e. The van der Waals surface area contributed by atoms with Crippen molar-refractivity contribution in [1.82, 2.24) is 10.6 Å². The zero-order valence-corrected chi connectivity index (χ0v) is 17.5. The summed E-state index contributed by atoms with van der Waals surface area (Å²) in [4.78, 5) is 4.81. The SMILES string of the molecule is CC1CCCC(NC(=NCCc2ccco2)NC2CCOCC2)C1.I. The zero-order chi connectivity index (χ0) is 16.6. The summed E-state index contributed by atoms with van der Waals surface area (Å²) in [5.41, 5.74) is 0. The number of nitrogens with one attached hydrogen (secondary N) is 2. The van der Waals surface area contributed by atoms with Gasteiger partial charge in [0.05, 0.1) is 6.26 Å². The van der Waals surface area contributed by atoms with Crippen LogP contribution in [0.3, 0.4) is 0 Å². The van der Waals surface area contributed by atoms with E-state index in [2.05, 4.69) is 17.6 Å². The fourth-order valence-corrected chi connectivity index (χ4v) is 3.66. The van der Waals surface area contributed by atoms with Gasteiger partial charge in [-0.2, -0.15) is 0 Å². The van der Waals surface area contributed by atoms with E-state index >= 15 is 0 Å². The molecule has 1 saturated heterocycles. The number of aliphatic imine (C=N–C) groups is 1. The van der Waals surface area contributed by atoms with Crippen LogP contribution in [-0.2, 0) is 11.2 Å². The van der Waals surface area contributed by atoms with Crippen LogP contribution in [0, 0.1) is 5.92 Å². The van der Waals surface area contributed by atoms with E-state index in [0.717, 1.165) is 56.7 Å². The Balaban J connectivity index is 0.00000225. The van der Waals surface area contributed by atoms with E-state index in [-0.39, 0.29) is 24.0 Å². The summed E-state index contributed by atoms with van der Waals surface area (Å²) in [6.07, 6.45) is 9.84. The third kappa shape index (κ3) is 7.17. The van der Waals surface area contributed by atoms with Crippen LogP contribution in [0.5, 0.6) is 0 Å². The molecule has 5 nitrogen and oxygen atoms in total. The molecule has 1 aromatic rings. The Morgan fingerprint density at radius 1 is 1.16 bits per heavy atom. The first kappa shape index (κ1) is 20.6. The van der Waals surface area contributed by atoms with Gasteiger partial charge in [-0.1, -0.05) is 19.8 Å². The summed E-state index contributed by atoms with van der Waals surface area (Å²) < 4.78 is 10.9. The summed E-state index contributed by atoms with van der Waals surface area (Å²) in [5.74, 6) is 2.77. The number of furan rings is 1. The lowest BCUT2D eigenvalue weighted by atomic mass is 9.87. The molecule has 2 N–H and O–H groups in total. The van der Waals surface area contributed by atoms with Gasteiger partial charge >= 0.3 is 0 Å². The standard InChI is InChI=1S/C19H31N3O2.HI/c1-15-4-2-5-17(14-15)22-19(21-16-8-12-23-13-9-16)20-10-7-18-6-3-11-24-18;/h3,6,11,15-17H,2,4-5,7-10,12-14H2,1H3,(H2,20,21,22);1H. The average Bonchev–Trinajstić information content (AvgIpc) is 3.09. The molecule has 2 atom stereocenters. The first-order valence-corrected chi connectivity index (χ1v) is 9.47. The van der Waals surface area contributed by atoms with Crippen molar-refractivity contribution in [2.45, 2.75) is 64.0 Å². The molecule has 3 rings (SSSR count). The fraction of sp³-hybridized carbons (Fsp3) is 0.737. The second-order valence-corrected chi connectivity index (χ2v) is 7.20. The van der Waals surface area contributed by atoms with Crippen molar-refractivity contribution < 1.29 is 9.15 Å². The molecule has 0 amide bonds. The van der Waals surface area contributed by atoms with Crippen molar-refractivity contribution >= 4 is 29.9 Å². The minimum atomic E-state index is 0. The Hall–Kier alpha value is -0.760. The summed E-state index contributed by atoms with van der Waals surface area (Å²) >= 11 is 0. The molecule has 2 heterocycles. The van der Waals surface area contributed by atoms with Crippen molar-refractivity contribution in [1.29, 1.82) is 0 Å². The van der Waals surface area contributed by atoms with Gasteiger partial charge in [-0.05, 0) is 43.7 Å². The van der Waals surface area contributed by atoms with Gasteiger partial charge in [-0.25, -0.2) is 0 Å². The van der Waals surface area contributed by atoms with Gasteiger partial charge in [-0.3, -0.25) is 4.99 Å². The van der Waals surface area contributed by atoms with Gasteiger partial charge in [0.1, 0.15) is 5.76 Å². The maximum absolute atomic E-state index is 5.46. The van der Waals surface area contributed by atoms with E-state index in [9.17, 15) is 0 Å². The molecule has 6 heteroatoms. The third-order valence-corrected chi connectivity index (χ3v) is 5.05. The molecule has 0 bridgehead atoms. The summed E-state index contributed by atoms with van der Waals surface area (Å²) in [5, 5.41) is 7.31. The number of hydrogen-bond acceptors (Lipinski definition) is 3. The molecule has 25 heavy (non-hydrogen) atoms. The van der Waals surface area contributed by atoms with E-state index < -0.39 is 0 Å². The molecule has 1 aliphatic carbocycles. The van der Waals surface area contributed by atoms with Crippen molar-refractivity contribution in [3.8, 4) is 0 Å². The van der Waals surface area contributed by atoms with Gasteiger partial charge < -0.3 is 19.8 Å². The number of hydrogen-bond donors (Lipinski definition) is 2. The smallest absolute Gasteiger partial charge is 0.191 e. The Morgan fingerprint density at radius 2 is 1.96 bits per heavy atom. The second-order valence-electron chi connectivity index (χ2n) is 7.20. The Bertz CT molecular complexity index is 501. The van der Waals surface area contributed by atoms with Crippen molar-refractivity contribution in [2.24, 2.45) is 10.9 Å².